The summed E-state index contributed by atoms with van der Waals surface area (Å²) in [5, 5.41) is 0. The third-order valence-electron chi connectivity index (χ3n) is 3.28. The Morgan fingerprint density at radius 2 is 1.60 bits per heavy atom. The molecular formula is C12H22N6O2. The molecule has 0 bridgehead atoms. The highest BCUT2D eigenvalue weighted by Crippen LogP contribution is 2.17. The number of hydrogen-bond donors (Lipinski definition) is 1. The van der Waals surface area contributed by atoms with Gasteiger partial charge >= 0.3 is 12.0 Å². The Kier molecular flexibility index (Phi) is 5.31. The summed E-state index contributed by atoms with van der Waals surface area (Å²) < 4.78 is 10.1. The minimum atomic E-state index is 0.275. The maximum absolute atomic E-state index is 5.54. The van der Waals surface area contributed by atoms with E-state index >= 15 is 0 Å². The molecule has 0 amide bonds. The van der Waals surface area contributed by atoms with Gasteiger partial charge in [0.05, 0.1) is 14.2 Å². The molecule has 0 saturated carbocycles. The minimum Gasteiger partial charge on any atom is -0.467 e. The normalized spacial score (nSPS) is 16.2. The predicted molar refractivity (Wildman–Crippen MR) is 75.3 cm³/mol. The van der Waals surface area contributed by atoms with Crippen LogP contribution >= 0.6 is 0 Å². The van der Waals surface area contributed by atoms with Crippen LogP contribution in [0.3, 0.4) is 0 Å². The van der Waals surface area contributed by atoms with Gasteiger partial charge in [0.25, 0.3) is 0 Å². The second kappa shape index (κ2) is 7.20. The number of piperazine rings is 1. The van der Waals surface area contributed by atoms with Crippen LogP contribution in [0, 0.1) is 0 Å². The van der Waals surface area contributed by atoms with Gasteiger partial charge in [-0.1, -0.05) is 0 Å². The Labute approximate surface area is 118 Å². The number of hydrogen-bond acceptors (Lipinski definition) is 8. The van der Waals surface area contributed by atoms with Crippen molar-refractivity contribution in [3.05, 3.63) is 0 Å². The molecule has 2 N–H and O–H groups in total. The minimum absolute atomic E-state index is 0.275. The molecule has 0 spiro atoms. The van der Waals surface area contributed by atoms with E-state index in [0.29, 0.717) is 5.95 Å². The SMILES string of the molecule is COc1nc(OC)nc(N2CCN(CCCN)CC2)n1. The highest BCUT2D eigenvalue weighted by Gasteiger charge is 2.20. The number of nitrogens with two attached hydrogens (primary N) is 1. The maximum atomic E-state index is 5.54. The van der Waals surface area contributed by atoms with Crippen molar-refractivity contribution in [2.75, 3.05) is 58.4 Å². The molecule has 2 heterocycles. The molecule has 0 unspecified atom stereocenters. The zero-order chi connectivity index (χ0) is 14.4. The Hall–Kier alpha value is -1.67. The van der Waals surface area contributed by atoms with Crippen LogP contribution in [0.25, 0.3) is 0 Å². The molecule has 1 fully saturated rings. The van der Waals surface area contributed by atoms with Crippen molar-refractivity contribution < 1.29 is 9.47 Å². The lowest BCUT2D eigenvalue weighted by Gasteiger charge is -2.34. The van der Waals surface area contributed by atoms with E-state index in [0.717, 1.165) is 45.7 Å². The fourth-order valence-electron chi connectivity index (χ4n) is 2.14. The van der Waals surface area contributed by atoms with Gasteiger partial charge in [0.15, 0.2) is 0 Å². The molecule has 0 aliphatic carbocycles. The van der Waals surface area contributed by atoms with Crippen LogP contribution < -0.4 is 20.1 Å². The fraction of sp³-hybridized carbons (Fsp3) is 0.750. The van der Waals surface area contributed by atoms with E-state index in [9.17, 15) is 0 Å². The van der Waals surface area contributed by atoms with Crippen molar-refractivity contribution in [3.8, 4) is 12.0 Å². The van der Waals surface area contributed by atoms with Gasteiger partial charge in [0, 0.05) is 26.2 Å². The van der Waals surface area contributed by atoms with E-state index in [2.05, 4.69) is 24.8 Å². The maximum Gasteiger partial charge on any atom is 0.324 e. The van der Waals surface area contributed by atoms with Gasteiger partial charge in [0.1, 0.15) is 0 Å². The van der Waals surface area contributed by atoms with Crippen molar-refractivity contribution in [1.82, 2.24) is 19.9 Å². The van der Waals surface area contributed by atoms with Crippen LogP contribution in [0.2, 0.25) is 0 Å². The zero-order valence-electron chi connectivity index (χ0n) is 12.1. The van der Waals surface area contributed by atoms with Crippen LogP contribution in [0.4, 0.5) is 5.95 Å². The van der Waals surface area contributed by atoms with Gasteiger partial charge in [0.2, 0.25) is 5.95 Å². The highest BCUT2D eigenvalue weighted by atomic mass is 16.5. The molecule has 0 aromatic carbocycles. The van der Waals surface area contributed by atoms with E-state index in [1.165, 1.54) is 14.2 Å². The molecule has 1 aliphatic rings. The predicted octanol–water partition coefficient (Wildman–Crippen LogP) is -0.640. The molecule has 1 aliphatic heterocycles. The first kappa shape index (κ1) is 14.7. The van der Waals surface area contributed by atoms with Gasteiger partial charge in [-0.25, -0.2) is 0 Å². The Morgan fingerprint density at radius 3 is 2.10 bits per heavy atom. The quantitative estimate of drug-likeness (QED) is 0.737. The number of methoxy groups -OCH3 is 2. The molecule has 1 saturated heterocycles. The lowest BCUT2D eigenvalue weighted by molar-refractivity contribution is 0.254. The van der Waals surface area contributed by atoms with Crippen molar-refractivity contribution >= 4 is 5.95 Å². The number of nitrogens with zero attached hydrogens (tertiary/aromatic N) is 5. The lowest BCUT2D eigenvalue weighted by atomic mass is 10.3. The molecule has 1 aromatic heterocycles. The van der Waals surface area contributed by atoms with Crippen molar-refractivity contribution in [2.45, 2.75) is 6.42 Å². The van der Waals surface area contributed by atoms with Crippen molar-refractivity contribution in [3.63, 3.8) is 0 Å². The summed E-state index contributed by atoms with van der Waals surface area (Å²) in [6, 6.07) is 0.551. The zero-order valence-corrected chi connectivity index (χ0v) is 12.1. The summed E-state index contributed by atoms with van der Waals surface area (Å²) in [5.41, 5.74) is 5.54. The second-order valence-electron chi connectivity index (χ2n) is 4.58. The summed E-state index contributed by atoms with van der Waals surface area (Å²) in [7, 11) is 3.06. The summed E-state index contributed by atoms with van der Waals surface area (Å²) in [6.45, 7) is 5.50. The van der Waals surface area contributed by atoms with Crippen LogP contribution in [-0.2, 0) is 0 Å². The van der Waals surface area contributed by atoms with Gasteiger partial charge in [-0.15, -0.1) is 4.98 Å². The first-order chi connectivity index (χ1) is 9.76. The standard InChI is InChI=1S/C12H22N6O2/c1-19-11-14-10(15-12(16-11)20-2)18-8-6-17(7-9-18)5-3-4-13/h3-9,13H2,1-2H3. The van der Waals surface area contributed by atoms with Gasteiger partial charge in [-0.05, 0) is 19.5 Å². The molecule has 8 nitrogen and oxygen atoms in total. The Balaban J connectivity index is 1.99. The average molecular weight is 282 g/mol. The van der Waals surface area contributed by atoms with Crippen molar-refractivity contribution in [1.29, 1.82) is 0 Å². The smallest absolute Gasteiger partial charge is 0.324 e. The molecule has 0 atom stereocenters. The van der Waals surface area contributed by atoms with Crippen molar-refractivity contribution in [2.24, 2.45) is 5.73 Å². The van der Waals surface area contributed by atoms with Gasteiger partial charge < -0.3 is 20.1 Å². The number of aromatic nitrogens is 3. The van der Waals surface area contributed by atoms with Crippen LogP contribution in [0.1, 0.15) is 6.42 Å². The van der Waals surface area contributed by atoms with Crippen LogP contribution in [0.15, 0.2) is 0 Å². The third-order valence-corrected chi connectivity index (χ3v) is 3.28. The molecule has 1 aromatic rings. The monoisotopic (exact) mass is 282 g/mol. The number of ether oxygens (including phenoxy) is 2. The van der Waals surface area contributed by atoms with E-state index in [1.807, 2.05) is 0 Å². The molecule has 2 rings (SSSR count). The topological polar surface area (TPSA) is 89.6 Å². The van der Waals surface area contributed by atoms with Gasteiger partial charge in [-0.3, -0.25) is 4.90 Å². The lowest BCUT2D eigenvalue weighted by Crippen LogP contribution is -2.47. The molecule has 20 heavy (non-hydrogen) atoms. The summed E-state index contributed by atoms with van der Waals surface area (Å²) >= 11 is 0. The molecule has 0 radical (unpaired) electrons. The Morgan fingerprint density at radius 1 is 1.00 bits per heavy atom. The highest BCUT2D eigenvalue weighted by molar-refractivity contribution is 5.33. The van der Waals surface area contributed by atoms with Gasteiger partial charge in [-0.2, -0.15) is 9.97 Å². The van der Waals surface area contributed by atoms with E-state index in [1.54, 1.807) is 0 Å². The number of rotatable bonds is 6. The average Bonchev–Trinajstić information content (AvgIpc) is 2.52. The number of anilines is 1. The summed E-state index contributed by atoms with van der Waals surface area (Å²) in [5.74, 6) is 0.604. The molecule has 8 heteroatoms. The second-order valence-corrected chi connectivity index (χ2v) is 4.58. The fourth-order valence-corrected chi connectivity index (χ4v) is 2.14. The third kappa shape index (κ3) is 3.67. The van der Waals surface area contributed by atoms with Crippen LogP contribution in [0.5, 0.6) is 12.0 Å². The first-order valence-electron chi connectivity index (χ1n) is 6.78. The largest absolute Gasteiger partial charge is 0.467 e. The van der Waals surface area contributed by atoms with E-state index in [-0.39, 0.29) is 12.0 Å². The first-order valence-corrected chi connectivity index (χ1v) is 6.78. The van der Waals surface area contributed by atoms with E-state index in [4.69, 9.17) is 15.2 Å². The van der Waals surface area contributed by atoms with Crippen LogP contribution in [-0.4, -0.2) is 73.3 Å². The summed E-state index contributed by atoms with van der Waals surface area (Å²) in [6.07, 6.45) is 1.04. The molecule has 112 valence electrons. The summed E-state index contributed by atoms with van der Waals surface area (Å²) in [4.78, 5) is 17.1. The van der Waals surface area contributed by atoms with E-state index < -0.39 is 0 Å². The molecular weight excluding hydrogens is 260 g/mol. The Bertz CT molecular complexity index is 400.